The molecule has 1 aliphatic heterocycles. The monoisotopic (exact) mass is 453 g/mol. The summed E-state index contributed by atoms with van der Waals surface area (Å²) in [6.45, 7) is 0.678. The number of amides is 2. The van der Waals surface area contributed by atoms with Gasteiger partial charge in [0.1, 0.15) is 14.9 Å². The molecule has 15 heteroatoms. The topological polar surface area (TPSA) is 156 Å². The molecule has 1 atom stereocenters. The standard InChI is InChI=1S/C14H14F3N5O5S2/c15-14(16,17)8-4-7(21-22-8)12(24)20-13-6(11(18)23)3-10(28-13)29(25,26)9-5-19-1-2-27-9/h3-4,9,19H,1-2,5H2,(H2,18,23)(H,20,24)(H,21,22). The number of nitrogens with zero attached hydrogens (tertiary/aromatic N) is 1. The van der Waals surface area contributed by atoms with E-state index in [0.29, 0.717) is 23.9 Å². The van der Waals surface area contributed by atoms with Crippen molar-refractivity contribution in [2.24, 2.45) is 5.73 Å². The first kappa shape index (κ1) is 21.2. The predicted molar refractivity (Wildman–Crippen MR) is 94.2 cm³/mol. The van der Waals surface area contributed by atoms with Gasteiger partial charge in [0, 0.05) is 19.2 Å². The van der Waals surface area contributed by atoms with E-state index < -0.39 is 44.7 Å². The maximum absolute atomic E-state index is 12.7. The molecule has 5 N–H and O–H groups in total. The molecule has 0 radical (unpaired) electrons. The number of H-pyrrole nitrogens is 1. The summed E-state index contributed by atoms with van der Waals surface area (Å²) in [5.41, 5.74) is 1.88. The van der Waals surface area contributed by atoms with Crippen molar-refractivity contribution in [2.45, 2.75) is 15.8 Å². The summed E-state index contributed by atoms with van der Waals surface area (Å²) in [6.07, 6.45) is -4.73. The molecule has 3 rings (SSSR count). The highest BCUT2D eigenvalue weighted by Crippen LogP contribution is 2.34. The van der Waals surface area contributed by atoms with E-state index in [1.54, 1.807) is 5.10 Å². The zero-order valence-corrected chi connectivity index (χ0v) is 16.0. The molecule has 1 saturated heterocycles. The lowest BCUT2D eigenvalue weighted by molar-refractivity contribution is -0.141. The number of halogens is 3. The van der Waals surface area contributed by atoms with Gasteiger partial charge in [0.25, 0.3) is 11.8 Å². The minimum absolute atomic E-state index is 0.0291. The highest BCUT2D eigenvalue weighted by Gasteiger charge is 2.35. The SMILES string of the molecule is NC(=O)c1cc(S(=O)(=O)C2CNCCO2)sc1NC(=O)c1cc(C(F)(F)F)[nH]n1. The van der Waals surface area contributed by atoms with Gasteiger partial charge in [-0.05, 0) is 6.07 Å². The number of sulfone groups is 1. The molecule has 0 aliphatic carbocycles. The van der Waals surface area contributed by atoms with Crippen LogP contribution in [-0.2, 0) is 20.8 Å². The fourth-order valence-corrected chi connectivity index (χ4v) is 5.39. The Balaban J connectivity index is 1.88. The van der Waals surface area contributed by atoms with Crippen molar-refractivity contribution in [1.82, 2.24) is 15.5 Å². The zero-order valence-electron chi connectivity index (χ0n) is 14.4. The number of aromatic nitrogens is 2. The van der Waals surface area contributed by atoms with Crippen LogP contribution in [0, 0.1) is 0 Å². The molecule has 29 heavy (non-hydrogen) atoms. The van der Waals surface area contributed by atoms with E-state index in [2.05, 4.69) is 15.7 Å². The second kappa shape index (κ2) is 7.74. The molecule has 2 aromatic heterocycles. The summed E-state index contributed by atoms with van der Waals surface area (Å²) in [4.78, 5) is 23.9. The Kier molecular flexibility index (Phi) is 5.66. The molecule has 1 fully saturated rings. The predicted octanol–water partition coefficient (Wildman–Crippen LogP) is 0.561. The Morgan fingerprint density at radius 3 is 2.62 bits per heavy atom. The smallest absolute Gasteiger partial charge is 0.366 e. The molecule has 158 valence electrons. The van der Waals surface area contributed by atoms with Gasteiger partial charge in [-0.1, -0.05) is 0 Å². The van der Waals surface area contributed by atoms with E-state index in [9.17, 15) is 31.2 Å². The van der Waals surface area contributed by atoms with Crippen LogP contribution in [0.3, 0.4) is 0 Å². The number of nitrogens with two attached hydrogens (primary N) is 1. The number of ether oxygens (including phenoxy) is 1. The van der Waals surface area contributed by atoms with Crippen molar-refractivity contribution in [3.63, 3.8) is 0 Å². The first-order chi connectivity index (χ1) is 13.5. The van der Waals surface area contributed by atoms with Crippen molar-refractivity contribution in [2.75, 3.05) is 25.0 Å². The molecule has 1 aliphatic rings. The lowest BCUT2D eigenvalue weighted by atomic mass is 10.3. The van der Waals surface area contributed by atoms with Crippen LogP contribution in [0.1, 0.15) is 26.5 Å². The van der Waals surface area contributed by atoms with Crippen LogP contribution in [0.25, 0.3) is 0 Å². The lowest BCUT2D eigenvalue weighted by Crippen LogP contribution is -2.42. The molecule has 0 spiro atoms. The Morgan fingerprint density at radius 1 is 1.34 bits per heavy atom. The van der Waals surface area contributed by atoms with Crippen molar-refractivity contribution < 1.29 is 35.9 Å². The molecule has 2 aromatic rings. The number of carbonyl (C=O) groups excluding carboxylic acids is 2. The number of morpholine rings is 1. The van der Waals surface area contributed by atoms with E-state index in [4.69, 9.17) is 10.5 Å². The van der Waals surface area contributed by atoms with E-state index in [-0.39, 0.29) is 27.9 Å². The largest absolute Gasteiger partial charge is 0.432 e. The van der Waals surface area contributed by atoms with Gasteiger partial charge in [-0.25, -0.2) is 8.42 Å². The van der Waals surface area contributed by atoms with Crippen LogP contribution in [-0.4, -0.2) is 55.6 Å². The van der Waals surface area contributed by atoms with Gasteiger partial charge in [0.05, 0.1) is 12.2 Å². The first-order valence-electron chi connectivity index (χ1n) is 7.94. The normalized spacial score (nSPS) is 17.8. The summed E-state index contributed by atoms with van der Waals surface area (Å²) in [7, 11) is -4.01. The molecule has 1 unspecified atom stereocenters. The Morgan fingerprint density at radius 2 is 2.07 bits per heavy atom. The molecular weight excluding hydrogens is 439 g/mol. The molecule has 0 bridgehead atoms. The number of hydrogen-bond donors (Lipinski definition) is 4. The number of rotatable bonds is 5. The molecule has 2 amide bonds. The highest BCUT2D eigenvalue weighted by atomic mass is 32.2. The minimum Gasteiger partial charge on any atom is -0.366 e. The highest BCUT2D eigenvalue weighted by molar-refractivity contribution is 7.94. The number of hydrogen-bond acceptors (Lipinski definition) is 8. The molecule has 10 nitrogen and oxygen atoms in total. The minimum atomic E-state index is -4.73. The summed E-state index contributed by atoms with van der Waals surface area (Å²) in [5.74, 6) is -2.11. The average molecular weight is 453 g/mol. The average Bonchev–Trinajstić information content (AvgIpc) is 3.30. The molecule has 0 aromatic carbocycles. The van der Waals surface area contributed by atoms with Crippen molar-refractivity contribution in [3.8, 4) is 0 Å². The Hall–Kier alpha value is -2.49. The molecule has 3 heterocycles. The maximum atomic E-state index is 12.7. The first-order valence-corrected chi connectivity index (χ1v) is 10.3. The lowest BCUT2D eigenvalue weighted by Gasteiger charge is -2.22. The van der Waals surface area contributed by atoms with Gasteiger partial charge in [-0.2, -0.15) is 18.3 Å². The zero-order chi connectivity index (χ0) is 21.4. The van der Waals surface area contributed by atoms with Crippen molar-refractivity contribution in [3.05, 3.63) is 29.1 Å². The van der Waals surface area contributed by atoms with Crippen LogP contribution in [0.2, 0.25) is 0 Å². The second-order valence-corrected chi connectivity index (χ2v) is 9.21. The van der Waals surface area contributed by atoms with Gasteiger partial charge in [0.2, 0.25) is 9.84 Å². The molecular formula is C14H14F3N5O5S2. The third kappa shape index (κ3) is 4.42. The van der Waals surface area contributed by atoms with Crippen LogP contribution in [0.15, 0.2) is 16.3 Å². The third-order valence-corrected chi connectivity index (χ3v) is 7.30. The number of alkyl halides is 3. The number of thiophene rings is 1. The number of carbonyl (C=O) groups is 2. The van der Waals surface area contributed by atoms with Crippen LogP contribution < -0.4 is 16.4 Å². The van der Waals surface area contributed by atoms with Gasteiger partial charge in [-0.3, -0.25) is 14.7 Å². The third-order valence-electron chi connectivity index (χ3n) is 3.84. The second-order valence-electron chi connectivity index (χ2n) is 5.84. The molecule has 0 saturated carbocycles. The van der Waals surface area contributed by atoms with E-state index in [1.807, 2.05) is 0 Å². The van der Waals surface area contributed by atoms with Crippen LogP contribution in [0.5, 0.6) is 0 Å². The van der Waals surface area contributed by atoms with Crippen molar-refractivity contribution in [1.29, 1.82) is 0 Å². The summed E-state index contributed by atoms with van der Waals surface area (Å²) in [5, 5.41) is 9.75. The van der Waals surface area contributed by atoms with E-state index in [0.717, 1.165) is 6.07 Å². The summed E-state index contributed by atoms with van der Waals surface area (Å²) >= 11 is 0.535. The Bertz CT molecular complexity index is 1040. The summed E-state index contributed by atoms with van der Waals surface area (Å²) < 4.78 is 68.2. The number of aromatic amines is 1. The number of primary amides is 1. The van der Waals surface area contributed by atoms with Gasteiger partial charge in [0.15, 0.2) is 11.1 Å². The number of anilines is 1. The van der Waals surface area contributed by atoms with Crippen LogP contribution >= 0.6 is 11.3 Å². The van der Waals surface area contributed by atoms with Gasteiger partial charge >= 0.3 is 6.18 Å². The quantitative estimate of drug-likeness (QED) is 0.515. The number of nitrogens with one attached hydrogen (secondary N) is 3. The van der Waals surface area contributed by atoms with Crippen LogP contribution in [0.4, 0.5) is 18.2 Å². The fraction of sp³-hybridized carbons (Fsp3) is 0.357. The van der Waals surface area contributed by atoms with Gasteiger partial charge < -0.3 is 21.1 Å². The maximum Gasteiger partial charge on any atom is 0.432 e. The van der Waals surface area contributed by atoms with Crippen molar-refractivity contribution >= 4 is 38.0 Å². The summed E-state index contributed by atoms with van der Waals surface area (Å²) in [6, 6.07) is 1.47. The van der Waals surface area contributed by atoms with E-state index in [1.165, 1.54) is 0 Å². The fourth-order valence-electron chi connectivity index (χ4n) is 2.41. The Labute approximate surface area is 165 Å². The van der Waals surface area contributed by atoms with E-state index >= 15 is 0 Å². The van der Waals surface area contributed by atoms with Gasteiger partial charge in [-0.15, -0.1) is 11.3 Å².